The normalized spacial score (nSPS) is 15.1. The summed E-state index contributed by atoms with van der Waals surface area (Å²) in [4.78, 5) is 10.4. The van der Waals surface area contributed by atoms with Crippen molar-refractivity contribution in [2.45, 2.75) is 25.7 Å². The first-order valence-corrected chi connectivity index (χ1v) is 5.40. The van der Waals surface area contributed by atoms with Crippen LogP contribution in [0.5, 0.6) is 0 Å². The van der Waals surface area contributed by atoms with Crippen molar-refractivity contribution in [1.29, 1.82) is 0 Å². The number of rotatable bonds is 2. The van der Waals surface area contributed by atoms with Gasteiger partial charge in [-0.25, -0.2) is 9.18 Å². The zero-order valence-corrected chi connectivity index (χ0v) is 8.87. The van der Waals surface area contributed by atoms with Gasteiger partial charge in [-0.2, -0.15) is 0 Å². The third kappa shape index (κ3) is 2.13. The molecule has 0 aliphatic heterocycles. The average molecular weight is 220 g/mol. The van der Waals surface area contributed by atoms with Gasteiger partial charge in [-0.3, -0.25) is 0 Å². The Balaban J connectivity index is 2.43. The molecular formula is C13H13FO2. The van der Waals surface area contributed by atoms with Crippen molar-refractivity contribution in [3.63, 3.8) is 0 Å². The van der Waals surface area contributed by atoms with Crippen LogP contribution in [0.4, 0.5) is 4.39 Å². The number of hydrogen-bond donors (Lipinski definition) is 1. The molecule has 0 spiro atoms. The lowest BCUT2D eigenvalue weighted by Crippen LogP contribution is -2.07. The topological polar surface area (TPSA) is 37.3 Å². The van der Waals surface area contributed by atoms with Crippen LogP contribution in [-0.4, -0.2) is 11.1 Å². The number of aliphatic carboxylic acids is 1. The minimum absolute atomic E-state index is 0.165. The van der Waals surface area contributed by atoms with E-state index in [1.54, 1.807) is 12.1 Å². The van der Waals surface area contributed by atoms with Crippen molar-refractivity contribution in [3.8, 4) is 0 Å². The third-order valence-corrected chi connectivity index (χ3v) is 2.92. The van der Waals surface area contributed by atoms with Gasteiger partial charge in [0.15, 0.2) is 0 Å². The molecule has 0 atom stereocenters. The maximum atomic E-state index is 13.5. The van der Waals surface area contributed by atoms with Crippen molar-refractivity contribution >= 4 is 12.0 Å². The Labute approximate surface area is 93.4 Å². The zero-order valence-electron chi connectivity index (χ0n) is 8.87. The van der Waals surface area contributed by atoms with E-state index >= 15 is 0 Å². The van der Waals surface area contributed by atoms with Gasteiger partial charge in [-0.05, 0) is 54.5 Å². The molecule has 2 rings (SSSR count). The van der Waals surface area contributed by atoms with Gasteiger partial charge < -0.3 is 5.11 Å². The highest BCUT2D eigenvalue weighted by Crippen LogP contribution is 2.27. The molecule has 0 bridgehead atoms. The van der Waals surface area contributed by atoms with E-state index in [0.29, 0.717) is 0 Å². The lowest BCUT2D eigenvalue weighted by atomic mass is 9.87. The molecule has 1 aromatic rings. The standard InChI is InChI=1S/C13H13FO2/c14-12-7-5-9(6-8-13(15)16)10-3-1-2-4-11(10)12/h5-8H,1-4H2,(H,15,16). The summed E-state index contributed by atoms with van der Waals surface area (Å²) in [5, 5.41) is 8.57. The van der Waals surface area contributed by atoms with Crippen molar-refractivity contribution in [3.05, 3.63) is 40.7 Å². The van der Waals surface area contributed by atoms with E-state index in [2.05, 4.69) is 0 Å². The maximum Gasteiger partial charge on any atom is 0.328 e. The van der Waals surface area contributed by atoms with E-state index in [9.17, 15) is 9.18 Å². The molecule has 1 N–H and O–H groups in total. The SMILES string of the molecule is O=C(O)C=Cc1ccc(F)c2c1CCCC2. The van der Waals surface area contributed by atoms with Crippen LogP contribution in [0.25, 0.3) is 6.08 Å². The number of carboxylic acids is 1. The van der Waals surface area contributed by atoms with Crippen LogP contribution >= 0.6 is 0 Å². The largest absolute Gasteiger partial charge is 0.478 e. The lowest BCUT2D eigenvalue weighted by molar-refractivity contribution is -0.131. The van der Waals surface area contributed by atoms with Crippen LogP contribution in [-0.2, 0) is 17.6 Å². The fourth-order valence-corrected chi connectivity index (χ4v) is 2.17. The van der Waals surface area contributed by atoms with Gasteiger partial charge in [0.2, 0.25) is 0 Å². The molecule has 3 heteroatoms. The highest BCUT2D eigenvalue weighted by atomic mass is 19.1. The van der Waals surface area contributed by atoms with Crippen LogP contribution in [0.15, 0.2) is 18.2 Å². The number of carbonyl (C=O) groups is 1. The summed E-state index contributed by atoms with van der Waals surface area (Å²) >= 11 is 0. The number of halogens is 1. The van der Waals surface area contributed by atoms with Crippen LogP contribution in [0.3, 0.4) is 0 Å². The van der Waals surface area contributed by atoms with Gasteiger partial charge >= 0.3 is 5.97 Å². The van der Waals surface area contributed by atoms with Crippen molar-refractivity contribution in [1.82, 2.24) is 0 Å². The molecule has 84 valence electrons. The van der Waals surface area contributed by atoms with Gasteiger partial charge in [0.25, 0.3) is 0 Å². The first-order chi connectivity index (χ1) is 7.68. The zero-order chi connectivity index (χ0) is 11.5. The highest BCUT2D eigenvalue weighted by molar-refractivity contribution is 5.85. The highest BCUT2D eigenvalue weighted by Gasteiger charge is 2.15. The lowest BCUT2D eigenvalue weighted by Gasteiger charge is -2.18. The first kappa shape index (κ1) is 10.9. The second-order valence-corrected chi connectivity index (χ2v) is 3.97. The molecule has 0 saturated carbocycles. The van der Waals surface area contributed by atoms with E-state index in [1.807, 2.05) is 0 Å². The fraction of sp³-hybridized carbons (Fsp3) is 0.308. The molecular weight excluding hydrogens is 207 g/mol. The Morgan fingerprint density at radius 3 is 2.62 bits per heavy atom. The Bertz CT molecular complexity index is 449. The summed E-state index contributed by atoms with van der Waals surface area (Å²) < 4.78 is 13.5. The smallest absolute Gasteiger partial charge is 0.328 e. The minimum atomic E-state index is -0.978. The van der Waals surface area contributed by atoms with Crippen molar-refractivity contribution in [2.24, 2.45) is 0 Å². The Morgan fingerprint density at radius 1 is 1.25 bits per heavy atom. The maximum absolute atomic E-state index is 13.5. The third-order valence-electron chi connectivity index (χ3n) is 2.92. The van der Waals surface area contributed by atoms with E-state index in [4.69, 9.17) is 5.11 Å². The van der Waals surface area contributed by atoms with E-state index < -0.39 is 5.97 Å². The summed E-state index contributed by atoms with van der Waals surface area (Å²) in [5.41, 5.74) is 2.57. The van der Waals surface area contributed by atoms with E-state index in [-0.39, 0.29) is 5.82 Å². The number of hydrogen-bond acceptors (Lipinski definition) is 1. The van der Waals surface area contributed by atoms with Crippen LogP contribution in [0.1, 0.15) is 29.5 Å². The molecule has 0 saturated heterocycles. The van der Waals surface area contributed by atoms with Gasteiger partial charge in [-0.1, -0.05) is 6.07 Å². The van der Waals surface area contributed by atoms with Crippen molar-refractivity contribution < 1.29 is 14.3 Å². The minimum Gasteiger partial charge on any atom is -0.478 e. The van der Waals surface area contributed by atoms with Crippen LogP contribution < -0.4 is 0 Å². The molecule has 0 heterocycles. The van der Waals surface area contributed by atoms with Gasteiger partial charge in [0, 0.05) is 6.08 Å². The molecule has 0 amide bonds. The van der Waals surface area contributed by atoms with Gasteiger partial charge in [0.1, 0.15) is 5.82 Å². The number of fused-ring (bicyclic) bond motifs is 1. The summed E-state index contributed by atoms with van der Waals surface area (Å²) in [5.74, 6) is -1.14. The average Bonchev–Trinajstić information content (AvgIpc) is 2.28. The van der Waals surface area contributed by atoms with E-state index in [0.717, 1.165) is 48.4 Å². The predicted octanol–water partition coefficient (Wildman–Crippen LogP) is 2.80. The summed E-state index contributed by atoms with van der Waals surface area (Å²) in [6, 6.07) is 3.07. The van der Waals surface area contributed by atoms with Crippen LogP contribution in [0.2, 0.25) is 0 Å². The molecule has 1 aromatic carbocycles. The quantitative estimate of drug-likeness (QED) is 0.778. The second-order valence-electron chi connectivity index (χ2n) is 3.97. The second kappa shape index (κ2) is 4.47. The molecule has 0 radical (unpaired) electrons. The number of benzene rings is 1. The molecule has 2 nitrogen and oxygen atoms in total. The predicted molar refractivity (Wildman–Crippen MR) is 59.7 cm³/mol. The molecule has 1 aliphatic rings. The van der Waals surface area contributed by atoms with E-state index in [1.165, 1.54) is 6.07 Å². The van der Waals surface area contributed by atoms with Gasteiger partial charge in [-0.15, -0.1) is 0 Å². The Morgan fingerprint density at radius 2 is 1.94 bits per heavy atom. The Kier molecular flexibility index (Phi) is 3.04. The Hall–Kier alpha value is -1.64. The summed E-state index contributed by atoms with van der Waals surface area (Å²) in [7, 11) is 0. The van der Waals surface area contributed by atoms with Crippen molar-refractivity contribution in [2.75, 3.05) is 0 Å². The molecule has 1 aliphatic carbocycles. The molecule has 0 aromatic heterocycles. The molecule has 0 fully saturated rings. The first-order valence-electron chi connectivity index (χ1n) is 5.40. The van der Waals surface area contributed by atoms with Crippen LogP contribution in [0, 0.1) is 5.82 Å². The fourth-order valence-electron chi connectivity index (χ4n) is 2.17. The van der Waals surface area contributed by atoms with Gasteiger partial charge in [0.05, 0.1) is 0 Å². The summed E-state index contributed by atoms with van der Waals surface area (Å²) in [6.45, 7) is 0. The monoisotopic (exact) mass is 220 g/mol. The summed E-state index contributed by atoms with van der Waals surface area (Å²) in [6.07, 6.45) is 6.30. The molecule has 16 heavy (non-hydrogen) atoms. The molecule has 0 unspecified atom stereocenters. The number of carboxylic acid groups (broad SMARTS) is 1.